The lowest BCUT2D eigenvalue weighted by Crippen LogP contribution is -2.11. The van der Waals surface area contributed by atoms with Gasteiger partial charge in [-0.2, -0.15) is 11.8 Å². The van der Waals surface area contributed by atoms with Gasteiger partial charge in [0.25, 0.3) is 0 Å². The van der Waals surface area contributed by atoms with Crippen LogP contribution in [0.3, 0.4) is 0 Å². The molecule has 1 aliphatic heterocycles. The average molecular weight is 242 g/mol. The van der Waals surface area contributed by atoms with Gasteiger partial charge in [0.2, 0.25) is 0 Å². The first-order chi connectivity index (χ1) is 7.84. The third kappa shape index (κ3) is 4.10. The highest BCUT2D eigenvalue weighted by atomic mass is 32.2. The average Bonchev–Trinajstić information content (AvgIpc) is 2.96. The van der Waals surface area contributed by atoms with E-state index in [1.165, 1.54) is 32.1 Å². The molecule has 0 bridgehead atoms. The smallest absolute Gasteiger partial charge is 0.142 e. The van der Waals surface area contributed by atoms with Crippen LogP contribution in [0.15, 0.2) is 0 Å². The molecule has 1 saturated heterocycles. The molecule has 16 heavy (non-hydrogen) atoms. The molecule has 1 heterocycles. The molecule has 2 rings (SSSR count). The topological polar surface area (TPSA) is 26.3 Å². The van der Waals surface area contributed by atoms with Crippen LogP contribution in [0.5, 0.6) is 0 Å². The molecule has 0 N–H and O–H groups in total. The van der Waals surface area contributed by atoms with Gasteiger partial charge in [-0.05, 0) is 32.1 Å². The number of thioether (sulfide) groups is 1. The van der Waals surface area contributed by atoms with E-state index < -0.39 is 0 Å². The van der Waals surface area contributed by atoms with Gasteiger partial charge in [0.05, 0.1) is 11.9 Å². The molecular weight excluding hydrogens is 220 g/mol. The second-order valence-corrected chi connectivity index (χ2v) is 6.22. The van der Waals surface area contributed by atoms with Gasteiger partial charge < -0.3 is 4.74 Å². The van der Waals surface area contributed by atoms with Crippen molar-refractivity contribution in [3.63, 3.8) is 0 Å². The minimum absolute atomic E-state index is 0.375. The molecule has 92 valence electrons. The summed E-state index contributed by atoms with van der Waals surface area (Å²) in [5.74, 6) is 1.16. The summed E-state index contributed by atoms with van der Waals surface area (Å²) in [4.78, 5) is 11.7. The van der Waals surface area contributed by atoms with Crippen molar-refractivity contribution >= 4 is 17.5 Å². The predicted octanol–water partition coefficient (Wildman–Crippen LogP) is 3.19. The lowest BCUT2D eigenvalue weighted by Gasteiger charge is -2.10. The zero-order chi connectivity index (χ0) is 11.2. The molecule has 0 spiro atoms. The first-order valence-electron chi connectivity index (χ1n) is 6.59. The van der Waals surface area contributed by atoms with E-state index in [1.54, 1.807) is 0 Å². The summed E-state index contributed by atoms with van der Waals surface area (Å²) in [7, 11) is 0. The quantitative estimate of drug-likeness (QED) is 0.715. The van der Waals surface area contributed by atoms with E-state index in [4.69, 9.17) is 4.74 Å². The van der Waals surface area contributed by atoms with Crippen molar-refractivity contribution in [2.24, 2.45) is 0 Å². The Morgan fingerprint density at radius 2 is 2.00 bits per heavy atom. The summed E-state index contributed by atoms with van der Waals surface area (Å²) in [6, 6.07) is 0. The van der Waals surface area contributed by atoms with Crippen LogP contribution in [0.2, 0.25) is 0 Å². The van der Waals surface area contributed by atoms with Gasteiger partial charge in [0, 0.05) is 18.3 Å². The monoisotopic (exact) mass is 242 g/mol. The number of rotatable bonds is 6. The van der Waals surface area contributed by atoms with Crippen molar-refractivity contribution < 1.29 is 9.53 Å². The van der Waals surface area contributed by atoms with Gasteiger partial charge in [-0.15, -0.1) is 0 Å². The Labute approximate surface area is 103 Å². The third-order valence-corrected chi connectivity index (χ3v) is 4.98. The second kappa shape index (κ2) is 6.65. The van der Waals surface area contributed by atoms with Gasteiger partial charge >= 0.3 is 0 Å². The van der Waals surface area contributed by atoms with Crippen LogP contribution < -0.4 is 0 Å². The molecule has 2 aliphatic rings. The Morgan fingerprint density at radius 1 is 1.19 bits per heavy atom. The molecule has 0 aromatic carbocycles. The summed E-state index contributed by atoms with van der Waals surface area (Å²) in [5, 5.41) is 0.770. The standard InChI is InChI=1S/C13H22O2S/c14-11(7-8-12-4-3-9-15-12)10-16-13-5-1-2-6-13/h12-13H,1-10H2. The van der Waals surface area contributed by atoms with E-state index in [9.17, 15) is 4.79 Å². The molecular formula is C13H22O2S. The highest BCUT2D eigenvalue weighted by Gasteiger charge is 2.19. The molecule has 0 amide bonds. The fourth-order valence-corrected chi connectivity index (χ4v) is 3.76. The minimum atomic E-state index is 0.375. The highest BCUT2D eigenvalue weighted by Crippen LogP contribution is 2.29. The summed E-state index contributed by atoms with van der Waals surface area (Å²) >= 11 is 1.88. The Kier molecular flexibility index (Phi) is 5.17. The van der Waals surface area contributed by atoms with Crippen LogP contribution in [-0.2, 0) is 9.53 Å². The molecule has 1 atom stereocenters. The maximum absolute atomic E-state index is 11.7. The molecule has 1 saturated carbocycles. The normalized spacial score (nSPS) is 26.4. The minimum Gasteiger partial charge on any atom is -0.378 e. The van der Waals surface area contributed by atoms with Gasteiger partial charge in [-0.25, -0.2) is 0 Å². The van der Waals surface area contributed by atoms with Crippen LogP contribution >= 0.6 is 11.8 Å². The molecule has 1 aliphatic carbocycles. The molecule has 1 unspecified atom stereocenters. The van der Waals surface area contributed by atoms with Crippen molar-refractivity contribution in [2.75, 3.05) is 12.4 Å². The van der Waals surface area contributed by atoms with Crippen molar-refractivity contribution in [2.45, 2.75) is 62.7 Å². The fraction of sp³-hybridized carbons (Fsp3) is 0.923. The number of hydrogen-bond donors (Lipinski definition) is 0. The van der Waals surface area contributed by atoms with Crippen molar-refractivity contribution in [1.29, 1.82) is 0 Å². The van der Waals surface area contributed by atoms with Gasteiger partial charge in [-0.1, -0.05) is 12.8 Å². The number of carbonyl (C=O) groups is 1. The molecule has 0 aromatic heterocycles. The summed E-state index contributed by atoms with van der Waals surface area (Å²) in [5.41, 5.74) is 0. The van der Waals surface area contributed by atoms with Gasteiger partial charge in [-0.3, -0.25) is 4.79 Å². The van der Waals surface area contributed by atoms with Crippen LogP contribution in [0.25, 0.3) is 0 Å². The van der Waals surface area contributed by atoms with Crippen molar-refractivity contribution in [3.8, 4) is 0 Å². The SMILES string of the molecule is O=C(CCC1CCCO1)CSC1CCCC1. The van der Waals surface area contributed by atoms with E-state index in [2.05, 4.69) is 0 Å². The highest BCUT2D eigenvalue weighted by molar-refractivity contribution is 8.00. The zero-order valence-electron chi connectivity index (χ0n) is 9.95. The fourth-order valence-electron chi connectivity index (χ4n) is 2.53. The molecule has 3 heteroatoms. The van der Waals surface area contributed by atoms with E-state index in [0.29, 0.717) is 11.9 Å². The van der Waals surface area contributed by atoms with Gasteiger partial charge in [0.1, 0.15) is 5.78 Å². The molecule has 0 aromatic rings. The van der Waals surface area contributed by atoms with Crippen molar-refractivity contribution in [3.05, 3.63) is 0 Å². The number of ketones is 1. The molecule has 0 radical (unpaired) electrons. The predicted molar refractivity (Wildman–Crippen MR) is 67.9 cm³/mol. The van der Waals surface area contributed by atoms with E-state index in [0.717, 1.165) is 36.9 Å². The first kappa shape index (κ1) is 12.4. The number of ether oxygens (including phenoxy) is 1. The Bertz CT molecular complexity index is 196. The third-order valence-electron chi connectivity index (χ3n) is 3.55. The van der Waals surface area contributed by atoms with E-state index in [1.807, 2.05) is 11.8 Å². The van der Waals surface area contributed by atoms with Crippen LogP contribution in [0.4, 0.5) is 0 Å². The summed E-state index contributed by atoms with van der Waals surface area (Å²) in [6.45, 7) is 0.898. The molecule has 2 fully saturated rings. The lowest BCUT2D eigenvalue weighted by atomic mass is 10.1. The Morgan fingerprint density at radius 3 is 2.69 bits per heavy atom. The number of hydrogen-bond acceptors (Lipinski definition) is 3. The van der Waals surface area contributed by atoms with Crippen LogP contribution in [0.1, 0.15) is 51.4 Å². The number of Topliss-reactive ketones (excluding diaryl/α,β-unsaturated/α-hetero) is 1. The molecule has 2 nitrogen and oxygen atoms in total. The Balaban J connectivity index is 1.53. The largest absolute Gasteiger partial charge is 0.378 e. The summed E-state index contributed by atoms with van der Waals surface area (Å²) in [6.07, 6.45) is 9.75. The first-order valence-corrected chi connectivity index (χ1v) is 7.64. The van der Waals surface area contributed by atoms with Crippen LogP contribution in [-0.4, -0.2) is 29.5 Å². The van der Waals surface area contributed by atoms with E-state index in [-0.39, 0.29) is 0 Å². The van der Waals surface area contributed by atoms with E-state index >= 15 is 0 Å². The number of carbonyl (C=O) groups excluding carboxylic acids is 1. The van der Waals surface area contributed by atoms with Gasteiger partial charge in [0.15, 0.2) is 0 Å². The van der Waals surface area contributed by atoms with Crippen molar-refractivity contribution in [1.82, 2.24) is 0 Å². The maximum atomic E-state index is 11.7. The van der Waals surface area contributed by atoms with Crippen LogP contribution in [0, 0.1) is 0 Å². The zero-order valence-corrected chi connectivity index (χ0v) is 10.8. The lowest BCUT2D eigenvalue weighted by molar-refractivity contribution is -0.117. The second-order valence-electron chi connectivity index (χ2n) is 4.93. The summed E-state index contributed by atoms with van der Waals surface area (Å²) < 4.78 is 5.52. The maximum Gasteiger partial charge on any atom is 0.142 e. The Hall–Kier alpha value is -0.0200.